The van der Waals surface area contributed by atoms with Gasteiger partial charge in [0.15, 0.2) is 0 Å². The van der Waals surface area contributed by atoms with Crippen LogP contribution in [0.4, 0.5) is 5.69 Å². The van der Waals surface area contributed by atoms with Crippen molar-refractivity contribution >= 4 is 44.4 Å². The number of hydrogen-bond acceptors (Lipinski definition) is 4. The second-order valence-electron chi connectivity index (χ2n) is 10.1. The maximum Gasteiger partial charge on any atom is 0.264 e. The molecule has 5 aromatic carbocycles. The predicted molar refractivity (Wildman–Crippen MR) is 173 cm³/mol. The van der Waals surface area contributed by atoms with Crippen molar-refractivity contribution in [3.05, 3.63) is 139 Å². The largest absolute Gasteiger partial charge is 0.312 e. The molecule has 7 heteroatoms. The number of amides is 2. The molecule has 1 unspecified atom stereocenters. The monoisotopic (exact) mass is 588 g/mol. The Kier molecular flexibility index (Phi) is 9.13. The van der Waals surface area contributed by atoms with Crippen molar-refractivity contribution < 1.29 is 18.0 Å². The van der Waals surface area contributed by atoms with Gasteiger partial charge < -0.3 is 4.90 Å². The van der Waals surface area contributed by atoms with Gasteiger partial charge in [-0.3, -0.25) is 9.59 Å². The highest BCUT2D eigenvalue weighted by atomic mass is 32.2. The average Bonchev–Trinajstić information content (AvgIpc) is 3.04. The van der Waals surface area contributed by atoms with Gasteiger partial charge in [0, 0.05) is 12.2 Å². The minimum absolute atomic E-state index is 0.0156. The van der Waals surface area contributed by atoms with Gasteiger partial charge >= 0.3 is 0 Å². The van der Waals surface area contributed by atoms with E-state index in [4.69, 9.17) is 0 Å². The number of allylic oxidation sites excluding steroid dienone is 1. The summed E-state index contributed by atoms with van der Waals surface area (Å²) < 4.78 is 28.8. The van der Waals surface area contributed by atoms with Crippen molar-refractivity contribution in [2.24, 2.45) is 5.92 Å². The second-order valence-corrected chi connectivity index (χ2v) is 11.8. The van der Waals surface area contributed by atoms with Crippen molar-refractivity contribution in [1.29, 1.82) is 0 Å². The highest BCUT2D eigenvalue weighted by molar-refractivity contribution is 7.90. The highest BCUT2D eigenvalue weighted by Gasteiger charge is 2.33. The molecule has 0 aliphatic rings. The van der Waals surface area contributed by atoms with Gasteiger partial charge in [-0.1, -0.05) is 115 Å². The molecule has 0 bridgehead atoms. The Morgan fingerprint density at radius 3 is 2.02 bits per heavy atom. The first-order chi connectivity index (χ1) is 20.9. The number of nitrogens with one attached hydrogen (secondary N) is 1. The van der Waals surface area contributed by atoms with Gasteiger partial charge in [0.1, 0.15) is 5.92 Å². The van der Waals surface area contributed by atoms with E-state index in [0.717, 1.165) is 27.5 Å². The van der Waals surface area contributed by atoms with E-state index < -0.39 is 27.8 Å². The summed E-state index contributed by atoms with van der Waals surface area (Å²) in [6.45, 7) is 2.13. The first kappa shape index (κ1) is 29.5. The second kappa shape index (κ2) is 13.3. The summed E-state index contributed by atoms with van der Waals surface area (Å²) in [6, 6.07) is 39.0. The Bertz CT molecular complexity index is 1850. The summed E-state index contributed by atoms with van der Waals surface area (Å²) in [7, 11) is -4.23. The van der Waals surface area contributed by atoms with Crippen LogP contribution in [0.15, 0.2) is 138 Å². The molecule has 5 aromatic rings. The van der Waals surface area contributed by atoms with Crippen LogP contribution in [0.3, 0.4) is 0 Å². The van der Waals surface area contributed by atoms with Gasteiger partial charge in [0.2, 0.25) is 11.8 Å². The summed E-state index contributed by atoms with van der Waals surface area (Å²) in [5.41, 5.74) is 3.70. The van der Waals surface area contributed by atoms with E-state index in [1.165, 1.54) is 17.0 Å². The van der Waals surface area contributed by atoms with Crippen molar-refractivity contribution in [2.75, 3.05) is 11.4 Å². The molecular formula is C36H32N2O4S. The summed E-state index contributed by atoms with van der Waals surface area (Å²) in [5.74, 6) is -2.63. The molecule has 2 amide bonds. The lowest BCUT2D eigenvalue weighted by atomic mass is 10.0. The van der Waals surface area contributed by atoms with E-state index in [1.807, 2.05) is 104 Å². The number of rotatable bonds is 10. The lowest BCUT2D eigenvalue weighted by Gasteiger charge is -2.25. The van der Waals surface area contributed by atoms with Gasteiger partial charge in [-0.05, 0) is 65.1 Å². The molecule has 0 aliphatic heterocycles. The molecule has 43 heavy (non-hydrogen) atoms. The Morgan fingerprint density at radius 2 is 1.35 bits per heavy atom. The number of nitrogens with zero attached hydrogens (tertiary/aromatic N) is 1. The topological polar surface area (TPSA) is 83.6 Å². The molecule has 0 fully saturated rings. The zero-order chi connectivity index (χ0) is 30.2. The SMILES string of the molecule is CCN(C(=O)C(C/C=C/c1ccc(-c2ccccc2)cc1)C(=O)NS(=O)(=O)c1ccc2ccccc2c1)c1ccccc1. The predicted octanol–water partition coefficient (Wildman–Crippen LogP) is 7.08. The Morgan fingerprint density at radius 1 is 0.744 bits per heavy atom. The van der Waals surface area contributed by atoms with Crippen molar-refractivity contribution in [3.8, 4) is 11.1 Å². The summed E-state index contributed by atoms with van der Waals surface area (Å²) in [5, 5.41) is 1.61. The zero-order valence-electron chi connectivity index (χ0n) is 23.8. The molecule has 0 aliphatic carbocycles. The number of carbonyl (C=O) groups is 2. The Labute approximate surface area is 252 Å². The average molecular weight is 589 g/mol. The molecule has 0 saturated carbocycles. The molecule has 5 rings (SSSR count). The van der Waals surface area contributed by atoms with E-state index in [1.54, 1.807) is 30.3 Å². The first-order valence-electron chi connectivity index (χ1n) is 14.1. The fraction of sp³-hybridized carbons (Fsp3) is 0.111. The lowest BCUT2D eigenvalue weighted by Crippen LogP contribution is -2.45. The maximum absolute atomic E-state index is 13.8. The van der Waals surface area contributed by atoms with Crippen LogP contribution < -0.4 is 9.62 Å². The summed E-state index contributed by atoms with van der Waals surface area (Å²) >= 11 is 0. The van der Waals surface area contributed by atoms with Crippen LogP contribution in [0, 0.1) is 5.92 Å². The van der Waals surface area contributed by atoms with Crippen molar-refractivity contribution in [2.45, 2.75) is 18.2 Å². The molecule has 1 atom stereocenters. The molecule has 0 heterocycles. The van der Waals surface area contributed by atoms with Gasteiger partial charge in [-0.15, -0.1) is 0 Å². The Balaban J connectivity index is 1.39. The third-order valence-electron chi connectivity index (χ3n) is 7.23. The summed E-state index contributed by atoms with van der Waals surface area (Å²) in [4.78, 5) is 28.8. The van der Waals surface area contributed by atoms with E-state index in [-0.39, 0.29) is 11.3 Å². The van der Waals surface area contributed by atoms with Crippen LogP contribution in [0.5, 0.6) is 0 Å². The van der Waals surface area contributed by atoms with Gasteiger partial charge in [0.25, 0.3) is 10.0 Å². The smallest absolute Gasteiger partial charge is 0.264 e. The van der Waals surface area contributed by atoms with Crippen molar-refractivity contribution in [1.82, 2.24) is 4.72 Å². The Hall–Kier alpha value is -5.01. The number of carbonyl (C=O) groups excluding carboxylic acids is 2. The molecule has 0 spiro atoms. The third-order valence-corrected chi connectivity index (χ3v) is 8.58. The fourth-order valence-electron chi connectivity index (χ4n) is 4.94. The number of benzene rings is 5. The molecule has 0 aromatic heterocycles. The minimum Gasteiger partial charge on any atom is -0.312 e. The van der Waals surface area contributed by atoms with E-state index >= 15 is 0 Å². The number of hydrogen-bond donors (Lipinski definition) is 1. The van der Waals surface area contributed by atoms with E-state index in [2.05, 4.69) is 4.72 Å². The number of fused-ring (bicyclic) bond motifs is 1. The molecular weight excluding hydrogens is 556 g/mol. The first-order valence-corrected chi connectivity index (χ1v) is 15.6. The van der Waals surface area contributed by atoms with Crippen LogP contribution in [-0.4, -0.2) is 26.8 Å². The van der Waals surface area contributed by atoms with Crippen molar-refractivity contribution in [3.63, 3.8) is 0 Å². The standard InChI is InChI=1S/C36H32N2O4S/c1-2-38(32-17-7-4-8-18-32)36(40)34(19-11-12-27-20-22-30(23-21-27)28-13-5-3-6-14-28)35(39)37-43(41,42)33-25-24-29-15-9-10-16-31(29)26-33/h3-18,20-26,34H,2,19H2,1H3,(H,37,39)/b12-11+. The fourth-order valence-corrected chi connectivity index (χ4v) is 5.99. The molecule has 0 saturated heterocycles. The minimum atomic E-state index is -4.23. The quantitative estimate of drug-likeness (QED) is 0.177. The van der Waals surface area contributed by atoms with E-state index in [0.29, 0.717) is 12.2 Å². The van der Waals surface area contributed by atoms with E-state index in [9.17, 15) is 18.0 Å². The van der Waals surface area contributed by atoms with Gasteiger partial charge in [-0.25, -0.2) is 13.1 Å². The number of para-hydroxylation sites is 1. The molecule has 1 N–H and O–H groups in total. The van der Waals surface area contributed by atoms with Gasteiger partial charge in [0.05, 0.1) is 4.90 Å². The summed E-state index contributed by atoms with van der Waals surface area (Å²) in [6.07, 6.45) is 3.59. The van der Waals surface area contributed by atoms with Crippen LogP contribution in [0.2, 0.25) is 0 Å². The van der Waals surface area contributed by atoms with Crippen LogP contribution in [-0.2, 0) is 19.6 Å². The van der Waals surface area contributed by atoms with Gasteiger partial charge in [-0.2, -0.15) is 0 Å². The number of sulfonamides is 1. The molecule has 216 valence electrons. The normalized spacial score (nSPS) is 12.2. The molecule has 0 radical (unpaired) electrons. The highest BCUT2D eigenvalue weighted by Crippen LogP contribution is 2.23. The number of anilines is 1. The van der Waals surface area contributed by atoms with Crippen LogP contribution in [0.1, 0.15) is 18.9 Å². The third kappa shape index (κ3) is 7.08. The lowest BCUT2D eigenvalue weighted by molar-refractivity contribution is -0.132. The van der Waals surface area contributed by atoms with Crippen LogP contribution in [0.25, 0.3) is 28.0 Å². The van der Waals surface area contributed by atoms with Crippen LogP contribution >= 0.6 is 0 Å². The zero-order valence-corrected chi connectivity index (χ0v) is 24.6. The molecule has 6 nitrogen and oxygen atoms in total. The maximum atomic E-state index is 13.8.